The second-order valence-electron chi connectivity index (χ2n) is 9.21. The van der Waals surface area contributed by atoms with Crippen molar-refractivity contribution < 1.29 is 17.8 Å². The van der Waals surface area contributed by atoms with Crippen molar-refractivity contribution in [3.8, 4) is 11.1 Å². The molecule has 2 N–H and O–H groups in total. The third kappa shape index (κ3) is 5.70. The first-order chi connectivity index (χ1) is 16.9. The Hall–Kier alpha value is -3.40. The summed E-state index contributed by atoms with van der Waals surface area (Å²) in [6.07, 6.45) is 4.46. The highest BCUT2D eigenvalue weighted by Gasteiger charge is 2.33. The minimum atomic E-state index is -2.97. The van der Waals surface area contributed by atoms with E-state index in [9.17, 15) is 17.8 Å². The van der Waals surface area contributed by atoms with Crippen LogP contribution in [0.3, 0.4) is 0 Å². The zero-order valence-corrected chi connectivity index (χ0v) is 21.3. The van der Waals surface area contributed by atoms with Crippen LogP contribution in [0, 0.1) is 18.6 Å². The first-order valence-electron chi connectivity index (χ1n) is 11.7. The molecule has 3 aromatic rings. The van der Waals surface area contributed by atoms with Crippen molar-refractivity contribution in [1.29, 1.82) is 4.78 Å². The first-order valence-corrected chi connectivity index (χ1v) is 13.6. The molecule has 1 fully saturated rings. The predicted molar refractivity (Wildman–Crippen MR) is 137 cm³/mol. The van der Waals surface area contributed by atoms with Crippen molar-refractivity contribution in [2.24, 2.45) is 0 Å². The summed E-state index contributed by atoms with van der Waals surface area (Å²) in [5.74, 6) is -2.86. The average molecular weight is 514 g/mol. The number of anilines is 2. The van der Waals surface area contributed by atoms with Crippen LogP contribution in [0.1, 0.15) is 40.9 Å². The Balaban J connectivity index is 1.78. The van der Waals surface area contributed by atoms with Crippen LogP contribution < -0.4 is 10.2 Å². The molecule has 1 aliphatic rings. The number of aryl methyl sites for hydroxylation is 1. The number of carbonyl (C=O) groups excluding carboxylic acids is 1. The topological polar surface area (TPSA) is 99.0 Å². The lowest BCUT2D eigenvalue weighted by Gasteiger charge is -2.26. The number of aromatic nitrogens is 2. The number of halogens is 2. The van der Waals surface area contributed by atoms with Gasteiger partial charge in [0.25, 0.3) is 5.91 Å². The smallest absolute Gasteiger partial charge is 0.259 e. The summed E-state index contributed by atoms with van der Waals surface area (Å²) in [6, 6.07) is 10.1. The van der Waals surface area contributed by atoms with Crippen molar-refractivity contribution in [3.63, 3.8) is 0 Å². The molecular weight excluding hydrogens is 484 g/mol. The molecular formula is C26H29F2N5O2S. The van der Waals surface area contributed by atoms with E-state index in [1.165, 1.54) is 12.3 Å². The van der Waals surface area contributed by atoms with Crippen LogP contribution in [-0.2, 0) is 9.73 Å². The third-order valence-corrected chi connectivity index (χ3v) is 7.48. The molecule has 4 rings (SSSR count). The Morgan fingerprint density at radius 3 is 2.58 bits per heavy atom. The van der Waals surface area contributed by atoms with Gasteiger partial charge < -0.3 is 10.2 Å². The highest BCUT2D eigenvalue weighted by Crippen LogP contribution is 2.34. The predicted octanol–water partition coefficient (Wildman–Crippen LogP) is 5.67. The van der Waals surface area contributed by atoms with Crippen LogP contribution in [0.5, 0.6) is 0 Å². The number of rotatable bonds is 5. The molecule has 10 heteroatoms. The van der Waals surface area contributed by atoms with Gasteiger partial charge in [0.1, 0.15) is 5.82 Å². The lowest BCUT2D eigenvalue weighted by Crippen LogP contribution is -2.30. The van der Waals surface area contributed by atoms with Crippen molar-refractivity contribution >= 4 is 27.1 Å². The van der Waals surface area contributed by atoms with Crippen LogP contribution in [-0.4, -0.2) is 45.4 Å². The van der Waals surface area contributed by atoms with Crippen molar-refractivity contribution in [1.82, 2.24) is 9.97 Å². The van der Waals surface area contributed by atoms with E-state index in [0.717, 1.165) is 11.3 Å². The van der Waals surface area contributed by atoms with Gasteiger partial charge in [0.05, 0.1) is 15.3 Å². The number of carbonyl (C=O) groups is 1. The quantitative estimate of drug-likeness (QED) is 0.458. The first kappa shape index (κ1) is 25.7. The lowest BCUT2D eigenvalue weighted by atomic mass is 9.98. The summed E-state index contributed by atoms with van der Waals surface area (Å²) < 4.78 is 48.2. The van der Waals surface area contributed by atoms with E-state index in [1.807, 2.05) is 19.1 Å². The maximum atomic E-state index is 14.1. The van der Waals surface area contributed by atoms with E-state index in [4.69, 9.17) is 4.78 Å². The molecule has 7 nitrogen and oxygen atoms in total. The Labute approximate surface area is 209 Å². The number of pyridine rings is 2. The standard InChI is InChI=1S/C26H29F2N5O2S/c1-17-8-9-19(15-30-17)22-16-31-24(33-12-5-10-26(27,28)11-13-33)23(18(22)2)25(34)32-20-6-4-7-21(14-20)36(3,29)35/h4,6-9,14-16,29H,5,10-13H2,1-3H3,(H,32,34). The molecule has 0 aliphatic carbocycles. The summed E-state index contributed by atoms with van der Waals surface area (Å²) in [7, 11) is -2.97. The molecule has 0 spiro atoms. The maximum Gasteiger partial charge on any atom is 0.259 e. The van der Waals surface area contributed by atoms with Crippen LogP contribution >= 0.6 is 0 Å². The normalized spacial score (nSPS) is 17.2. The molecule has 2 aromatic heterocycles. The van der Waals surface area contributed by atoms with Gasteiger partial charge in [0.15, 0.2) is 0 Å². The molecule has 36 heavy (non-hydrogen) atoms. The highest BCUT2D eigenvalue weighted by molar-refractivity contribution is 7.91. The lowest BCUT2D eigenvalue weighted by molar-refractivity contribution is -0.0102. The number of hydrogen-bond acceptors (Lipinski definition) is 6. The van der Waals surface area contributed by atoms with E-state index >= 15 is 0 Å². The molecule has 0 bridgehead atoms. The zero-order chi connectivity index (χ0) is 26.1. The van der Waals surface area contributed by atoms with Gasteiger partial charge in [-0.15, -0.1) is 0 Å². The van der Waals surface area contributed by atoms with Gasteiger partial charge in [-0.05, 0) is 50.1 Å². The summed E-state index contributed by atoms with van der Waals surface area (Å²) in [6.45, 7) is 4.13. The number of nitrogens with one attached hydrogen (secondary N) is 2. The number of alkyl halides is 2. The molecule has 1 unspecified atom stereocenters. The monoisotopic (exact) mass is 513 g/mol. The fourth-order valence-corrected chi connectivity index (χ4v) is 4.99. The van der Waals surface area contributed by atoms with Crippen molar-refractivity contribution in [3.05, 3.63) is 65.6 Å². The molecule has 0 radical (unpaired) electrons. The molecule has 1 aromatic carbocycles. The summed E-state index contributed by atoms with van der Waals surface area (Å²) in [5, 5.41) is 2.83. The van der Waals surface area contributed by atoms with E-state index < -0.39 is 21.6 Å². The molecule has 1 saturated heterocycles. The molecule has 0 saturated carbocycles. The minimum Gasteiger partial charge on any atom is -0.356 e. The average Bonchev–Trinajstić information content (AvgIpc) is 2.99. The van der Waals surface area contributed by atoms with Gasteiger partial charge in [-0.2, -0.15) is 0 Å². The van der Waals surface area contributed by atoms with Gasteiger partial charge in [-0.25, -0.2) is 22.8 Å². The second kappa shape index (κ2) is 9.93. The van der Waals surface area contributed by atoms with Crippen molar-refractivity contribution in [2.45, 2.75) is 43.9 Å². The van der Waals surface area contributed by atoms with Gasteiger partial charge in [0, 0.05) is 72.0 Å². The van der Waals surface area contributed by atoms with Crippen molar-refractivity contribution in [2.75, 3.05) is 29.6 Å². The molecule has 1 atom stereocenters. The fraction of sp³-hybridized carbons (Fsp3) is 0.346. The Morgan fingerprint density at radius 2 is 1.89 bits per heavy atom. The number of hydrogen-bond donors (Lipinski definition) is 2. The van der Waals surface area contributed by atoms with Crippen LogP contribution in [0.25, 0.3) is 11.1 Å². The van der Waals surface area contributed by atoms with Gasteiger partial charge in [0.2, 0.25) is 5.92 Å². The zero-order valence-electron chi connectivity index (χ0n) is 20.5. The Morgan fingerprint density at radius 1 is 1.11 bits per heavy atom. The highest BCUT2D eigenvalue weighted by atomic mass is 32.2. The van der Waals surface area contributed by atoms with Gasteiger partial charge in [-0.3, -0.25) is 9.78 Å². The number of benzene rings is 1. The minimum absolute atomic E-state index is 0.0807. The largest absolute Gasteiger partial charge is 0.356 e. The summed E-state index contributed by atoms with van der Waals surface area (Å²) in [5.41, 5.74) is 3.67. The van der Waals surface area contributed by atoms with E-state index in [0.29, 0.717) is 34.1 Å². The number of amides is 1. The number of nitrogens with zero attached hydrogens (tertiary/aromatic N) is 3. The molecule has 1 aliphatic heterocycles. The van der Waals surface area contributed by atoms with E-state index in [1.54, 1.807) is 42.4 Å². The third-order valence-electron chi connectivity index (χ3n) is 6.33. The van der Waals surface area contributed by atoms with Gasteiger partial charge in [-0.1, -0.05) is 12.1 Å². The van der Waals surface area contributed by atoms with E-state index in [2.05, 4.69) is 15.3 Å². The molecule has 190 valence electrons. The molecule has 3 heterocycles. The second-order valence-corrected chi connectivity index (χ2v) is 11.4. The Bertz CT molecular complexity index is 1390. The van der Waals surface area contributed by atoms with Crippen LogP contribution in [0.2, 0.25) is 0 Å². The van der Waals surface area contributed by atoms with Crippen LogP contribution in [0.4, 0.5) is 20.3 Å². The van der Waals surface area contributed by atoms with Crippen LogP contribution in [0.15, 0.2) is 53.7 Å². The SMILES string of the molecule is Cc1ccc(-c2cnc(N3CCCC(F)(F)CC3)c(C(=O)Nc3cccc(S(C)(=N)=O)c3)c2C)cn1. The van der Waals surface area contributed by atoms with Gasteiger partial charge >= 0.3 is 0 Å². The molecule has 1 amide bonds. The van der Waals surface area contributed by atoms with E-state index in [-0.39, 0.29) is 31.4 Å². The summed E-state index contributed by atoms with van der Waals surface area (Å²) in [4.78, 5) is 24.6. The maximum absolute atomic E-state index is 14.1. The Kier molecular flexibility index (Phi) is 7.08. The fourth-order valence-electron chi connectivity index (χ4n) is 4.30. The summed E-state index contributed by atoms with van der Waals surface area (Å²) >= 11 is 0.